The Morgan fingerprint density at radius 3 is 2.31 bits per heavy atom. The van der Waals surface area contributed by atoms with Gasteiger partial charge in [-0.3, -0.25) is 0 Å². The van der Waals surface area contributed by atoms with E-state index < -0.39 is 6.10 Å². The minimum atomic E-state index is -0.404. The van der Waals surface area contributed by atoms with Crippen LogP contribution in [-0.2, 0) is 0 Å². The number of benzene rings is 1. The van der Waals surface area contributed by atoms with Gasteiger partial charge in [0.05, 0.1) is 6.10 Å². The molecule has 16 heavy (non-hydrogen) atoms. The van der Waals surface area contributed by atoms with Crippen LogP contribution >= 0.6 is 11.6 Å². The summed E-state index contributed by atoms with van der Waals surface area (Å²) in [6.45, 7) is 5.19. The van der Waals surface area contributed by atoms with Gasteiger partial charge in [0, 0.05) is 17.6 Å². The Labute approximate surface area is 103 Å². The van der Waals surface area contributed by atoms with Crippen molar-refractivity contribution in [2.75, 3.05) is 13.6 Å². The van der Waals surface area contributed by atoms with E-state index in [9.17, 15) is 5.11 Å². The highest BCUT2D eigenvalue weighted by molar-refractivity contribution is 6.30. The van der Waals surface area contributed by atoms with Gasteiger partial charge in [-0.15, -0.1) is 0 Å². The predicted molar refractivity (Wildman–Crippen MR) is 68.8 cm³/mol. The summed E-state index contributed by atoms with van der Waals surface area (Å²) in [6, 6.07) is 7.89. The lowest BCUT2D eigenvalue weighted by molar-refractivity contribution is 0.141. The fourth-order valence-electron chi connectivity index (χ4n) is 1.44. The second-order valence-corrected chi connectivity index (χ2v) is 4.87. The smallest absolute Gasteiger partial charge is 0.0802 e. The lowest BCUT2D eigenvalue weighted by Gasteiger charge is -2.22. The van der Waals surface area contributed by atoms with Crippen molar-refractivity contribution in [2.24, 2.45) is 0 Å². The Hall–Kier alpha value is -0.570. The third-order valence-electron chi connectivity index (χ3n) is 2.89. The number of hydrogen-bond donors (Lipinski definition) is 1. The third kappa shape index (κ3) is 4.12. The third-order valence-corrected chi connectivity index (χ3v) is 3.14. The van der Waals surface area contributed by atoms with Gasteiger partial charge < -0.3 is 10.0 Å². The number of halogens is 1. The summed E-state index contributed by atoms with van der Waals surface area (Å²) in [5.41, 5.74) is 0.932. The molecule has 1 aromatic rings. The van der Waals surface area contributed by atoms with Gasteiger partial charge in [-0.25, -0.2) is 0 Å². The first kappa shape index (κ1) is 13.5. The SMILES string of the molecule is CC(C)N(C)CCC(O)c1ccc(Cl)cc1. The van der Waals surface area contributed by atoms with Crippen LogP contribution in [0.2, 0.25) is 5.02 Å². The standard InChI is InChI=1S/C13H20ClNO/c1-10(2)15(3)9-8-13(16)11-4-6-12(14)7-5-11/h4-7,10,13,16H,8-9H2,1-3H3. The molecule has 0 aliphatic carbocycles. The highest BCUT2D eigenvalue weighted by Crippen LogP contribution is 2.19. The molecule has 3 heteroatoms. The highest BCUT2D eigenvalue weighted by Gasteiger charge is 2.10. The molecule has 0 saturated carbocycles. The Morgan fingerprint density at radius 1 is 1.25 bits per heavy atom. The zero-order valence-electron chi connectivity index (χ0n) is 10.2. The average Bonchev–Trinajstić information content (AvgIpc) is 2.26. The molecule has 0 aliphatic rings. The summed E-state index contributed by atoms with van der Waals surface area (Å²) >= 11 is 5.80. The maximum atomic E-state index is 9.97. The Morgan fingerprint density at radius 2 is 1.81 bits per heavy atom. The molecule has 2 nitrogen and oxygen atoms in total. The monoisotopic (exact) mass is 241 g/mol. The zero-order valence-corrected chi connectivity index (χ0v) is 10.9. The summed E-state index contributed by atoms with van der Waals surface area (Å²) in [5, 5.41) is 10.7. The van der Waals surface area contributed by atoms with Gasteiger partial charge in [0.15, 0.2) is 0 Å². The van der Waals surface area contributed by atoms with Crippen molar-refractivity contribution in [2.45, 2.75) is 32.4 Å². The first-order valence-corrected chi connectivity index (χ1v) is 6.02. The van der Waals surface area contributed by atoms with E-state index in [0.717, 1.165) is 18.5 Å². The van der Waals surface area contributed by atoms with Crippen molar-refractivity contribution in [3.63, 3.8) is 0 Å². The average molecular weight is 242 g/mol. The van der Waals surface area contributed by atoms with Crippen molar-refractivity contribution in [3.8, 4) is 0 Å². The first-order valence-electron chi connectivity index (χ1n) is 5.64. The van der Waals surface area contributed by atoms with Crippen molar-refractivity contribution < 1.29 is 5.11 Å². The molecule has 0 heterocycles. The van der Waals surface area contributed by atoms with E-state index >= 15 is 0 Å². The molecule has 1 rings (SSSR count). The van der Waals surface area contributed by atoms with Crippen LogP contribution < -0.4 is 0 Å². The normalized spacial score (nSPS) is 13.4. The molecule has 1 unspecified atom stereocenters. The van der Waals surface area contributed by atoms with Crippen LogP contribution in [0, 0.1) is 0 Å². The van der Waals surface area contributed by atoms with Gasteiger partial charge in [-0.05, 0) is 45.0 Å². The summed E-state index contributed by atoms with van der Waals surface area (Å²) in [7, 11) is 2.07. The van der Waals surface area contributed by atoms with Crippen molar-refractivity contribution in [1.29, 1.82) is 0 Å². The number of aliphatic hydroxyl groups is 1. The van der Waals surface area contributed by atoms with Crippen LogP contribution in [0.15, 0.2) is 24.3 Å². The molecule has 0 amide bonds. The van der Waals surface area contributed by atoms with E-state index in [1.807, 2.05) is 24.3 Å². The molecule has 0 aliphatic heterocycles. The van der Waals surface area contributed by atoms with Gasteiger partial charge >= 0.3 is 0 Å². The first-order chi connectivity index (χ1) is 7.50. The van der Waals surface area contributed by atoms with E-state index in [0.29, 0.717) is 11.1 Å². The quantitative estimate of drug-likeness (QED) is 0.856. The molecule has 0 fully saturated rings. The minimum absolute atomic E-state index is 0.404. The van der Waals surface area contributed by atoms with Gasteiger partial charge in [0.25, 0.3) is 0 Å². The molecule has 90 valence electrons. The van der Waals surface area contributed by atoms with Gasteiger partial charge in [0.2, 0.25) is 0 Å². The fourth-order valence-corrected chi connectivity index (χ4v) is 1.56. The van der Waals surface area contributed by atoms with Crippen LogP contribution in [0.5, 0.6) is 0 Å². The van der Waals surface area contributed by atoms with E-state index in [1.54, 1.807) is 0 Å². The second-order valence-electron chi connectivity index (χ2n) is 4.43. The van der Waals surface area contributed by atoms with E-state index in [-0.39, 0.29) is 0 Å². The molecule has 0 aromatic heterocycles. The van der Waals surface area contributed by atoms with Crippen molar-refractivity contribution >= 4 is 11.6 Å². The van der Waals surface area contributed by atoms with Crippen molar-refractivity contribution in [1.82, 2.24) is 4.90 Å². The van der Waals surface area contributed by atoms with Gasteiger partial charge in [-0.2, -0.15) is 0 Å². The largest absolute Gasteiger partial charge is 0.388 e. The topological polar surface area (TPSA) is 23.5 Å². The van der Waals surface area contributed by atoms with Gasteiger partial charge in [0.1, 0.15) is 0 Å². The Bertz CT molecular complexity index is 310. The molecular formula is C13H20ClNO. The van der Waals surface area contributed by atoms with Crippen LogP contribution in [0.3, 0.4) is 0 Å². The zero-order chi connectivity index (χ0) is 12.1. The van der Waals surface area contributed by atoms with Crippen molar-refractivity contribution in [3.05, 3.63) is 34.9 Å². The van der Waals surface area contributed by atoms with E-state index in [2.05, 4.69) is 25.8 Å². The molecule has 0 radical (unpaired) electrons. The molecule has 0 saturated heterocycles. The predicted octanol–water partition coefficient (Wildman–Crippen LogP) is 3.10. The fraction of sp³-hybridized carbons (Fsp3) is 0.538. The lowest BCUT2D eigenvalue weighted by Crippen LogP contribution is -2.28. The lowest BCUT2D eigenvalue weighted by atomic mass is 10.1. The number of nitrogens with zero attached hydrogens (tertiary/aromatic N) is 1. The summed E-state index contributed by atoms with van der Waals surface area (Å²) in [6.07, 6.45) is 0.342. The van der Waals surface area contributed by atoms with Crippen LogP contribution in [0.1, 0.15) is 31.9 Å². The van der Waals surface area contributed by atoms with Gasteiger partial charge in [-0.1, -0.05) is 23.7 Å². The maximum absolute atomic E-state index is 9.97. The van der Waals surface area contributed by atoms with Crippen LogP contribution in [0.4, 0.5) is 0 Å². The summed E-state index contributed by atoms with van der Waals surface area (Å²) in [4.78, 5) is 2.22. The summed E-state index contributed by atoms with van der Waals surface area (Å²) in [5.74, 6) is 0. The summed E-state index contributed by atoms with van der Waals surface area (Å²) < 4.78 is 0. The maximum Gasteiger partial charge on any atom is 0.0802 e. The minimum Gasteiger partial charge on any atom is -0.388 e. The molecule has 1 N–H and O–H groups in total. The molecule has 0 spiro atoms. The molecule has 1 atom stereocenters. The van der Waals surface area contributed by atoms with E-state index in [1.165, 1.54) is 0 Å². The Kier molecular flexibility index (Phi) is 5.26. The van der Waals surface area contributed by atoms with Crippen LogP contribution in [-0.4, -0.2) is 29.6 Å². The number of hydrogen-bond acceptors (Lipinski definition) is 2. The molecule has 0 bridgehead atoms. The van der Waals surface area contributed by atoms with Crippen LogP contribution in [0.25, 0.3) is 0 Å². The number of rotatable bonds is 5. The highest BCUT2D eigenvalue weighted by atomic mass is 35.5. The molecular weight excluding hydrogens is 222 g/mol. The number of aliphatic hydroxyl groups excluding tert-OH is 1. The van der Waals surface area contributed by atoms with E-state index in [4.69, 9.17) is 11.6 Å². The second kappa shape index (κ2) is 6.24. The molecule has 1 aromatic carbocycles. The Balaban J connectivity index is 2.46.